The van der Waals surface area contributed by atoms with Crippen LogP contribution in [0, 0.1) is 0 Å². The van der Waals surface area contributed by atoms with Crippen molar-refractivity contribution in [2.24, 2.45) is 7.05 Å². The van der Waals surface area contributed by atoms with Crippen LogP contribution in [0.2, 0.25) is 0 Å². The standard InChI is InChI=1S/C23H23N5O4S/c1-27-20(12-28-11-16(9-22(28)30)15-5-3-2-4-6-15)25-26-23(27)33-13-21(29)24-17-7-8-18-19(10-17)32-14-31-18/h2-8,10,16H,9,11-14H2,1H3,(H,24,29). The van der Waals surface area contributed by atoms with Crippen LogP contribution < -0.4 is 14.8 Å². The molecule has 10 heteroatoms. The van der Waals surface area contributed by atoms with Crippen molar-refractivity contribution in [1.82, 2.24) is 19.7 Å². The number of rotatable bonds is 7. The number of nitrogens with zero attached hydrogens (tertiary/aromatic N) is 4. The molecular weight excluding hydrogens is 442 g/mol. The highest BCUT2D eigenvalue weighted by atomic mass is 32.2. The lowest BCUT2D eigenvalue weighted by Gasteiger charge is -2.16. The van der Waals surface area contributed by atoms with Gasteiger partial charge in [0.15, 0.2) is 22.5 Å². The van der Waals surface area contributed by atoms with Crippen LogP contribution in [0.4, 0.5) is 5.69 Å². The lowest BCUT2D eigenvalue weighted by atomic mass is 9.99. The molecule has 1 N–H and O–H groups in total. The second-order valence-corrected chi connectivity index (χ2v) is 8.89. The van der Waals surface area contributed by atoms with Crippen molar-refractivity contribution in [2.45, 2.75) is 24.0 Å². The molecule has 170 valence electrons. The van der Waals surface area contributed by atoms with Gasteiger partial charge < -0.3 is 24.3 Å². The van der Waals surface area contributed by atoms with E-state index < -0.39 is 0 Å². The van der Waals surface area contributed by atoms with Crippen LogP contribution in [0.5, 0.6) is 11.5 Å². The molecule has 33 heavy (non-hydrogen) atoms. The van der Waals surface area contributed by atoms with E-state index in [1.165, 1.54) is 17.3 Å². The zero-order chi connectivity index (χ0) is 22.8. The smallest absolute Gasteiger partial charge is 0.234 e. The van der Waals surface area contributed by atoms with Gasteiger partial charge in [0.25, 0.3) is 0 Å². The first kappa shape index (κ1) is 21.3. The van der Waals surface area contributed by atoms with Crippen molar-refractivity contribution in [3.63, 3.8) is 0 Å². The minimum Gasteiger partial charge on any atom is -0.454 e. The summed E-state index contributed by atoms with van der Waals surface area (Å²) in [5, 5.41) is 11.9. The van der Waals surface area contributed by atoms with E-state index in [0.29, 0.717) is 47.7 Å². The quantitative estimate of drug-likeness (QED) is 0.536. The number of amides is 2. The lowest BCUT2D eigenvalue weighted by Crippen LogP contribution is -2.26. The Bertz CT molecular complexity index is 1180. The predicted molar refractivity (Wildman–Crippen MR) is 122 cm³/mol. The molecule has 0 spiro atoms. The Labute approximate surface area is 195 Å². The lowest BCUT2D eigenvalue weighted by molar-refractivity contribution is -0.128. The highest BCUT2D eigenvalue weighted by molar-refractivity contribution is 7.99. The van der Waals surface area contributed by atoms with Gasteiger partial charge in [-0.2, -0.15) is 0 Å². The molecule has 0 bridgehead atoms. The third-order valence-corrected chi connectivity index (χ3v) is 6.75. The number of hydrogen-bond donors (Lipinski definition) is 1. The van der Waals surface area contributed by atoms with Gasteiger partial charge in [-0.1, -0.05) is 42.1 Å². The van der Waals surface area contributed by atoms with Gasteiger partial charge in [-0.15, -0.1) is 10.2 Å². The average Bonchev–Trinajstić information content (AvgIpc) is 3.53. The summed E-state index contributed by atoms with van der Waals surface area (Å²) < 4.78 is 12.4. The fourth-order valence-corrected chi connectivity index (χ4v) is 4.68. The van der Waals surface area contributed by atoms with Crippen molar-refractivity contribution in [3.8, 4) is 11.5 Å². The molecule has 1 saturated heterocycles. The van der Waals surface area contributed by atoms with Crippen molar-refractivity contribution < 1.29 is 19.1 Å². The van der Waals surface area contributed by atoms with E-state index in [0.717, 1.165) is 0 Å². The molecule has 9 nitrogen and oxygen atoms in total. The maximum absolute atomic E-state index is 12.5. The molecule has 2 amide bonds. The molecule has 3 aromatic rings. The second-order valence-electron chi connectivity index (χ2n) is 7.95. The van der Waals surface area contributed by atoms with Crippen molar-refractivity contribution >= 4 is 29.3 Å². The fourth-order valence-electron chi connectivity index (χ4n) is 3.95. The van der Waals surface area contributed by atoms with Crippen LogP contribution in [0.3, 0.4) is 0 Å². The van der Waals surface area contributed by atoms with Crippen molar-refractivity contribution in [1.29, 1.82) is 0 Å². The number of hydrogen-bond acceptors (Lipinski definition) is 7. The topological polar surface area (TPSA) is 98.6 Å². The Balaban J connectivity index is 1.16. The monoisotopic (exact) mass is 465 g/mol. The van der Waals surface area contributed by atoms with Crippen LogP contribution in [0.15, 0.2) is 53.7 Å². The van der Waals surface area contributed by atoms with Gasteiger partial charge in [-0.3, -0.25) is 9.59 Å². The number of thioether (sulfide) groups is 1. The van der Waals surface area contributed by atoms with E-state index in [9.17, 15) is 9.59 Å². The number of benzene rings is 2. The molecule has 2 aliphatic rings. The highest BCUT2D eigenvalue weighted by Gasteiger charge is 2.31. The Morgan fingerprint density at radius 3 is 2.82 bits per heavy atom. The summed E-state index contributed by atoms with van der Waals surface area (Å²) in [7, 11) is 1.85. The van der Waals surface area contributed by atoms with E-state index in [4.69, 9.17) is 9.47 Å². The molecule has 0 aliphatic carbocycles. The van der Waals surface area contributed by atoms with Gasteiger partial charge in [0.1, 0.15) is 0 Å². The zero-order valence-electron chi connectivity index (χ0n) is 18.1. The van der Waals surface area contributed by atoms with Crippen LogP contribution in [-0.2, 0) is 23.2 Å². The van der Waals surface area contributed by atoms with Crippen LogP contribution in [-0.4, -0.2) is 50.6 Å². The zero-order valence-corrected chi connectivity index (χ0v) is 18.9. The molecule has 1 unspecified atom stereocenters. The summed E-state index contributed by atoms with van der Waals surface area (Å²) >= 11 is 1.29. The molecule has 1 aromatic heterocycles. The van der Waals surface area contributed by atoms with E-state index in [-0.39, 0.29) is 30.3 Å². The van der Waals surface area contributed by atoms with Crippen molar-refractivity contribution in [3.05, 3.63) is 59.9 Å². The summed E-state index contributed by atoms with van der Waals surface area (Å²) in [6.07, 6.45) is 0.503. The van der Waals surface area contributed by atoms with Gasteiger partial charge >= 0.3 is 0 Å². The second kappa shape index (κ2) is 9.14. The number of carbonyl (C=O) groups excluding carboxylic acids is 2. The first-order chi connectivity index (χ1) is 16.1. The minimum atomic E-state index is -0.163. The Hall–Kier alpha value is -3.53. The van der Waals surface area contributed by atoms with Gasteiger partial charge in [0.2, 0.25) is 18.6 Å². The largest absolute Gasteiger partial charge is 0.454 e. The number of aromatic nitrogens is 3. The first-order valence-corrected chi connectivity index (χ1v) is 11.6. The van der Waals surface area contributed by atoms with E-state index >= 15 is 0 Å². The molecule has 0 saturated carbocycles. The number of carbonyl (C=O) groups is 2. The Kier molecular flexibility index (Phi) is 5.91. The van der Waals surface area contributed by atoms with Crippen molar-refractivity contribution in [2.75, 3.05) is 24.4 Å². The average molecular weight is 466 g/mol. The number of anilines is 1. The number of fused-ring (bicyclic) bond motifs is 1. The summed E-state index contributed by atoms with van der Waals surface area (Å²) in [6, 6.07) is 15.4. The highest BCUT2D eigenvalue weighted by Crippen LogP contribution is 2.34. The Morgan fingerprint density at radius 2 is 1.97 bits per heavy atom. The predicted octanol–water partition coefficient (Wildman–Crippen LogP) is 2.79. The normalized spacial score (nSPS) is 16.9. The SMILES string of the molecule is Cn1c(CN2CC(c3ccccc3)CC2=O)nnc1SCC(=O)Nc1ccc2c(c1)OCO2. The van der Waals surface area contributed by atoms with Gasteiger partial charge in [0, 0.05) is 37.7 Å². The summed E-state index contributed by atoms with van der Waals surface area (Å²) in [6.45, 7) is 1.25. The van der Waals surface area contributed by atoms with Gasteiger partial charge in [-0.05, 0) is 17.7 Å². The molecule has 5 rings (SSSR count). The molecule has 1 fully saturated rings. The maximum atomic E-state index is 12.5. The fraction of sp³-hybridized carbons (Fsp3) is 0.304. The number of likely N-dealkylation sites (tertiary alicyclic amines) is 1. The summed E-state index contributed by atoms with van der Waals surface area (Å²) in [5.41, 5.74) is 1.82. The van der Waals surface area contributed by atoms with Crippen LogP contribution in [0.1, 0.15) is 23.7 Å². The van der Waals surface area contributed by atoms with Gasteiger partial charge in [0.05, 0.1) is 12.3 Å². The molecule has 3 heterocycles. The minimum absolute atomic E-state index is 0.115. The van der Waals surface area contributed by atoms with E-state index in [1.807, 2.05) is 34.7 Å². The maximum Gasteiger partial charge on any atom is 0.234 e. The molecule has 2 aromatic carbocycles. The molecular formula is C23H23N5O4S. The first-order valence-electron chi connectivity index (χ1n) is 10.6. The number of nitrogens with one attached hydrogen (secondary N) is 1. The molecule has 0 radical (unpaired) electrons. The summed E-state index contributed by atoms with van der Waals surface area (Å²) in [4.78, 5) is 26.7. The van der Waals surface area contributed by atoms with Crippen LogP contribution in [0.25, 0.3) is 0 Å². The van der Waals surface area contributed by atoms with Crippen LogP contribution >= 0.6 is 11.8 Å². The Morgan fingerprint density at radius 1 is 1.15 bits per heavy atom. The molecule has 2 aliphatic heterocycles. The van der Waals surface area contributed by atoms with E-state index in [2.05, 4.69) is 27.6 Å². The number of ether oxygens (including phenoxy) is 2. The third kappa shape index (κ3) is 4.65. The summed E-state index contributed by atoms with van der Waals surface area (Å²) in [5.74, 6) is 2.30. The third-order valence-electron chi connectivity index (χ3n) is 5.73. The van der Waals surface area contributed by atoms with Gasteiger partial charge in [-0.25, -0.2) is 0 Å². The van der Waals surface area contributed by atoms with E-state index in [1.54, 1.807) is 18.2 Å². The molecule has 1 atom stereocenters.